The molecule has 3 heterocycles. The van der Waals surface area contributed by atoms with Crippen LogP contribution in [0.4, 0.5) is 5.69 Å². The van der Waals surface area contributed by atoms with E-state index < -0.39 is 0 Å². The van der Waals surface area contributed by atoms with Gasteiger partial charge in [-0.25, -0.2) is 4.98 Å². The number of H-pyrrole nitrogens is 1. The minimum Gasteiger partial charge on any atom is -0.396 e. The van der Waals surface area contributed by atoms with E-state index >= 15 is 0 Å². The molecule has 0 aliphatic rings. The number of terminal acetylenes is 2. The van der Waals surface area contributed by atoms with E-state index in [1.807, 2.05) is 18.2 Å². The fourth-order valence-corrected chi connectivity index (χ4v) is 2.62. The minimum absolute atomic E-state index is 0.500. The van der Waals surface area contributed by atoms with Crippen molar-refractivity contribution in [3.8, 4) is 30.8 Å². The Morgan fingerprint density at radius 2 is 2.08 bits per heavy atom. The Morgan fingerprint density at radius 3 is 2.56 bits per heavy atom. The lowest BCUT2D eigenvalue weighted by Gasteiger charge is -1.87. The lowest BCUT2D eigenvalue weighted by atomic mass is 10.3. The highest BCUT2D eigenvalue weighted by Gasteiger charge is 2.06. The Morgan fingerprint density at radius 1 is 1.36 bits per heavy atom. The predicted molar refractivity (Wildman–Crippen MR) is 111 cm³/mol. The van der Waals surface area contributed by atoms with Gasteiger partial charge in [0.2, 0.25) is 0 Å². The maximum absolute atomic E-state index is 8.38. The summed E-state index contributed by atoms with van der Waals surface area (Å²) in [7, 11) is 0. The van der Waals surface area contributed by atoms with Gasteiger partial charge in [0.25, 0.3) is 0 Å². The number of aromatic amines is 1. The van der Waals surface area contributed by atoms with Crippen molar-refractivity contribution in [3.63, 3.8) is 0 Å². The third kappa shape index (κ3) is 6.06. The van der Waals surface area contributed by atoms with Gasteiger partial charge in [-0.1, -0.05) is 40.0 Å². The van der Waals surface area contributed by atoms with Gasteiger partial charge in [0.05, 0.1) is 16.6 Å². The van der Waals surface area contributed by atoms with E-state index in [1.54, 1.807) is 24.5 Å². The zero-order valence-electron chi connectivity index (χ0n) is 13.0. The Labute approximate surface area is 163 Å². The molecule has 0 amide bonds. The van der Waals surface area contributed by atoms with Crippen molar-refractivity contribution in [2.75, 3.05) is 11.1 Å². The number of hydrogen-bond donors (Lipinski definition) is 2. The van der Waals surface area contributed by atoms with E-state index in [4.69, 9.17) is 36.1 Å². The van der Waals surface area contributed by atoms with Crippen molar-refractivity contribution in [3.05, 3.63) is 51.7 Å². The van der Waals surface area contributed by atoms with Crippen LogP contribution in [-0.2, 0) is 0 Å². The molecule has 3 rings (SSSR count). The fraction of sp³-hybridized carbons (Fsp3) is 0.0556. The molecule has 3 aromatic rings. The molecule has 0 unspecified atom stereocenters. The third-order valence-corrected chi connectivity index (χ3v) is 4.37. The molecule has 0 radical (unpaired) electrons. The second kappa shape index (κ2) is 11.0. The highest BCUT2D eigenvalue weighted by atomic mass is 79.9. The highest BCUT2D eigenvalue weighted by Crippen LogP contribution is 2.30. The van der Waals surface area contributed by atoms with Gasteiger partial charge in [0, 0.05) is 17.8 Å². The van der Waals surface area contributed by atoms with Crippen LogP contribution in [0.3, 0.4) is 0 Å². The summed E-state index contributed by atoms with van der Waals surface area (Å²) in [4.78, 5) is 8.57. The summed E-state index contributed by atoms with van der Waals surface area (Å²) in [6.07, 6.45) is 13.4. The van der Waals surface area contributed by atoms with Crippen LogP contribution in [0.25, 0.3) is 10.2 Å². The van der Waals surface area contributed by atoms with Crippen molar-refractivity contribution in [1.82, 2.24) is 9.97 Å². The summed E-state index contributed by atoms with van der Waals surface area (Å²) >= 11 is 9.24. The van der Waals surface area contributed by atoms with Crippen LogP contribution in [0.2, 0.25) is 0 Å². The van der Waals surface area contributed by atoms with Crippen LogP contribution < -0.4 is 5.73 Å². The summed E-state index contributed by atoms with van der Waals surface area (Å²) in [5.74, 6) is 4.89. The van der Waals surface area contributed by atoms with Gasteiger partial charge in [-0.3, -0.25) is 0 Å². The molecule has 0 fully saturated rings. The number of anilines is 1. The molecule has 0 aliphatic carbocycles. The van der Waals surface area contributed by atoms with Crippen molar-refractivity contribution >= 4 is 55.4 Å². The first kappa shape index (κ1) is 20.4. The number of hydrogen-bond acceptors (Lipinski definition) is 5. The predicted octanol–water partition coefficient (Wildman–Crippen LogP) is 4.49. The summed E-state index contributed by atoms with van der Waals surface area (Å²) in [5, 5.41) is 10.00. The van der Waals surface area contributed by atoms with Gasteiger partial charge in [0.1, 0.15) is 20.4 Å². The fourth-order valence-electron chi connectivity index (χ4n) is 1.57. The van der Waals surface area contributed by atoms with Crippen LogP contribution in [-0.4, -0.2) is 15.3 Å². The lowest BCUT2D eigenvalue weighted by molar-refractivity contribution is 1.27. The van der Waals surface area contributed by atoms with E-state index in [1.165, 1.54) is 11.3 Å². The molecule has 0 bridgehead atoms. The number of nitriles is 1. The standard InChI is InChI=1S/C9H6N2S.C6H4N2S.C3H3Br/c1-2-7-8(10)6-4-3-5-11-9(6)12-7;7-4-5-2-1-3-8-6(5)9;1-2-3-4/h1,3-5H,10H2;1-3H,(H,8,9);1H,3H2. The van der Waals surface area contributed by atoms with E-state index in [0.717, 1.165) is 15.1 Å². The van der Waals surface area contributed by atoms with Crippen molar-refractivity contribution in [2.24, 2.45) is 0 Å². The second-order valence-electron chi connectivity index (χ2n) is 4.21. The quantitative estimate of drug-likeness (QED) is 0.314. The average Bonchev–Trinajstić information content (AvgIpc) is 2.99. The second-order valence-corrected chi connectivity index (χ2v) is 6.18. The Hall–Kier alpha value is -2.63. The van der Waals surface area contributed by atoms with Crippen LogP contribution in [0, 0.1) is 40.7 Å². The smallest absolute Gasteiger partial charge is 0.126 e. The first-order chi connectivity index (χ1) is 12.1. The van der Waals surface area contributed by atoms with Gasteiger partial charge in [-0.05, 0) is 24.3 Å². The molecular formula is C18H13BrN4S2. The van der Waals surface area contributed by atoms with E-state index in [9.17, 15) is 0 Å². The van der Waals surface area contributed by atoms with Crippen LogP contribution in [0.1, 0.15) is 10.4 Å². The van der Waals surface area contributed by atoms with E-state index in [2.05, 4.69) is 37.7 Å². The van der Waals surface area contributed by atoms with Gasteiger partial charge in [-0.15, -0.1) is 24.2 Å². The first-order valence-electron chi connectivity index (χ1n) is 6.75. The normalized spacial score (nSPS) is 8.56. The number of alkyl halides is 1. The van der Waals surface area contributed by atoms with E-state index in [-0.39, 0.29) is 0 Å². The van der Waals surface area contributed by atoms with Gasteiger partial charge < -0.3 is 10.7 Å². The Bertz CT molecular complexity index is 1020. The topological polar surface area (TPSA) is 78.5 Å². The highest BCUT2D eigenvalue weighted by molar-refractivity contribution is 9.09. The van der Waals surface area contributed by atoms with Gasteiger partial charge >= 0.3 is 0 Å². The summed E-state index contributed by atoms with van der Waals surface area (Å²) in [6, 6.07) is 9.16. The Balaban J connectivity index is 0.000000213. The van der Waals surface area contributed by atoms with E-state index in [0.29, 0.717) is 21.2 Å². The zero-order chi connectivity index (χ0) is 18.7. The Kier molecular flexibility index (Phi) is 9.00. The molecule has 0 spiro atoms. The molecular weight excluding hydrogens is 416 g/mol. The summed E-state index contributed by atoms with van der Waals surface area (Å²) < 4.78 is 0.500. The molecule has 0 atom stereocenters. The number of nitrogens with one attached hydrogen (secondary N) is 1. The third-order valence-electron chi connectivity index (χ3n) is 2.65. The molecule has 0 aliphatic heterocycles. The number of fused-ring (bicyclic) bond motifs is 1. The van der Waals surface area contributed by atoms with Crippen molar-refractivity contribution in [2.45, 2.75) is 0 Å². The molecule has 7 heteroatoms. The molecule has 4 nitrogen and oxygen atoms in total. The molecule has 0 saturated carbocycles. The molecule has 124 valence electrons. The molecule has 3 aromatic heterocycles. The number of rotatable bonds is 0. The summed E-state index contributed by atoms with van der Waals surface area (Å²) in [6.45, 7) is 0. The van der Waals surface area contributed by atoms with Crippen LogP contribution in [0.15, 0.2) is 36.7 Å². The van der Waals surface area contributed by atoms with Crippen molar-refractivity contribution in [1.29, 1.82) is 5.26 Å². The van der Waals surface area contributed by atoms with Crippen LogP contribution >= 0.6 is 39.5 Å². The number of pyridine rings is 2. The number of nitrogens with zero attached hydrogens (tertiary/aromatic N) is 2. The van der Waals surface area contributed by atoms with Gasteiger partial charge in [0.15, 0.2) is 0 Å². The monoisotopic (exact) mass is 428 g/mol. The number of nitrogens with two attached hydrogens (primary N) is 1. The van der Waals surface area contributed by atoms with Crippen LogP contribution in [0.5, 0.6) is 0 Å². The maximum atomic E-state index is 8.38. The molecule has 25 heavy (non-hydrogen) atoms. The molecule has 0 saturated heterocycles. The SMILES string of the molecule is C#CCBr.C#Cc1sc2ncccc2c1N.N#Cc1ccc[nH]c1=S. The minimum atomic E-state index is 0.500. The largest absolute Gasteiger partial charge is 0.396 e. The molecule has 0 aromatic carbocycles. The maximum Gasteiger partial charge on any atom is 0.126 e. The number of thiophene rings is 1. The average molecular weight is 429 g/mol. The summed E-state index contributed by atoms with van der Waals surface area (Å²) in [5.41, 5.74) is 6.97. The molecule has 3 N–H and O–H groups in total. The number of nitrogen functional groups attached to an aromatic ring is 1. The number of halogens is 1. The lowest BCUT2D eigenvalue weighted by Crippen LogP contribution is -1.84. The number of aromatic nitrogens is 2. The zero-order valence-corrected chi connectivity index (χ0v) is 16.2. The first-order valence-corrected chi connectivity index (χ1v) is 9.10. The van der Waals surface area contributed by atoms with Gasteiger partial charge in [-0.2, -0.15) is 5.26 Å². The van der Waals surface area contributed by atoms with Crippen molar-refractivity contribution < 1.29 is 0 Å².